The fourth-order valence-electron chi connectivity index (χ4n) is 4.82. The van der Waals surface area contributed by atoms with Crippen LogP contribution in [0.4, 0.5) is 16.3 Å². The summed E-state index contributed by atoms with van der Waals surface area (Å²) in [6, 6.07) is 3.20. The van der Waals surface area contributed by atoms with Crippen LogP contribution in [0.2, 0.25) is 5.02 Å². The number of nitrogens with one attached hydrogen (secondary N) is 1. The lowest BCUT2D eigenvalue weighted by molar-refractivity contribution is -0.0136. The van der Waals surface area contributed by atoms with Crippen LogP contribution in [0.1, 0.15) is 39.7 Å². The van der Waals surface area contributed by atoms with E-state index in [-0.39, 0.29) is 18.7 Å². The standard InChI is InChI=1S/C24H30ClFN6O2/c1-13(2)32-19-9-15(8-17(26)22(19)30-24(32)31-6-4-14(3)11-31)21-16(25)10-27-23(29-21)28-18-5-7-34-12-20(18)33/h8-10,13-14,18,20,33H,4-7,11-12H2,1-3H3,(H,27,28,29)/t14-,18-,20-/m1/s1. The third-order valence-corrected chi connectivity index (χ3v) is 6.89. The van der Waals surface area contributed by atoms with Crippen molar-refractivity contribution >= 4 is 34.5 Å². The van der Waals surface area contributed by atoms with Crippen molar-refractivity contribution in [3.63, 3.8) is 0 Å². The number of hydrogen-bond acceptors (Lipinski definition) is 7. The Morgan fingerprint density at radius 1 is 1.26 bits per heavy atom. The van der Waals surface area contributed by atoms with Crippen LogP contribution >= 0.6 is 11.6 Å². The van der Waals surface area contributed by atoms with Gasteiger partial charge in [-0.05, 0) is 44.7 Å². The number of aliphatic hydroxyl groups excluding tert-OH is 1. The van der Waals surface area contributed by atoms with E-state index in [1.807, 2.05) is 6.07 Å². The van der Waals surface area contributed by atoms with Gasteiger partial charge in [0.15, 0.2) is 5.82 Å². The highest BCUT2D eigenvalue weighted by Gasteiger charge is 2.27. The molecule has 8 nitrogen and oxygen atoms in total. The Bertz CT molecular complexity index is 1200. The summed E-state index contributed by atoms with van der Waals surface area (Å²) in [5.74, 6) is 1.30. The van der Waals surface area contributed by atoms with Crippen molar-refractivity contribution in [3.8, 4) is 11.3 Å². The molecule has 2 N–H and O–H groups in total. The molecule has 4 heterocycles. The Morgan fingerprint density at radius 2 is 2.09 bits per heavy atom. The molecule has 3 aromatic rings. The second kappa shape index (κ2) is 9.28. The van der Waals surface area contributed by atoms with E-state index in [9.17, 15) is 5.11 Å². The predicted molar refractivity (Wildman–Crippen MR) is 131 cm³/mol. The molecule has 2 aliphatic rings. The van der Waals surface area contributed by atoms with Crippen molar-refractivity contribution in [2.45, 2.75) is 51.8 Å². The number of aromatic nitrogens is 4. The first-order valence-electron chi connectivity index (χ1n) is 11.8. The third kappa shape index (κ3) is 4.32. The molecule has 0 aliphatic carbocycles. The van der Waals surface area contributed by atoms with Gasteiger partial charge in [-0.3, -0.25) is 0 Å². The van der Waals surface area contributed by atoms with Crippen molar-refractivity contribution in [1.82, 2.24) is 19.5 Å². The van der Waals surface area contributed by atoms with Gasteiger partial charge in [-0.25, -0.2) is 19.3 Å². The van der Waals surface area contributed by atoms with Crippen LogP contribution in [0, 0.1) is 11.7 Å². The molecule has 0 saturated carbocycles. The lowest BCUT2D eigenvalue weighted by atomic mass is 10.1. The van der Waals surface area contributed by atoms with Crippen molar-refractivity contribution in [3.05, 3.63) is 29.2 Å². The van der Waals surface area contributed by atoms with Gasteiger partial charge >= 0.3 is 0 Å². The summed E-state index contributed by atoms with van der Waals surface area (Å²) in [4.78, 5) is 15.8. The van der Waals surface area contributed by atoms with Crippen LogP contribution in [0.15, 0.2) is 18.3 Å². The highest BCUT2D eigenvalue weighted by atomic mass is 35.5. The molecule has 2 aliphatic heterocycles. The molecule has 182 valence electrons. The number of halogens is 2. The molecule has 0 spiro atoms. The molecule has 2 saturated heterocycles. The molecule has 2 fully saturated rings. The number of rotatable bonds is 5. The zero-order valence-electron chi connectivity index (χ0n) is 19.6. The average Bonchev–Trinajstić information content (AvgIpc) is 3.40. The first-order chi connectivity index (χ1) is 16.3. The Morgan fingerprint density at radius 3 is 2.79 bits per heavy atom. The number of ether oxygens (including phenoxy) is 1. The molecule has 5 rings (SSSR count). The van der Waals surface area contributed by atoms with E-state index in [1.165, 1.54) is 12.3 Å². The minimum atomic E-state index is -0.655. The summed E-state index contributed by atoms with van der Waals surface area (Å²) in [5, 5.41) is 13.7. The number of imidazole rings is 1. The first-order valence-corrected chi connectivity index (χ1v) is 12.2. The van der Waals surface area contributed by atoms with E-state index in [0.29, 0.717) is 52.2 Å². The monoisotopic (exact) mass is 488 g/mol. The van der Waals surface area contributed by atoms with Gasteiger partial charge in [0.05, 0.1) is 41.2 Å². The highest BCUT2D eigenvalue weighted by Crippen LogP contribution is 2.35. The van der Waals surface area contributed by atoms with Crippen molar-refractivity contribution in [1.29, 1.82) is 0 Å². The van der Waals surface area contributed by atoms with Gasteiger partial charge in [-0.1, -0.05) is 18.5 Å². The number of hydrogen-bond donors (Lipinski definition) is 2. The summed E-state index contributed by atoms with van der Waals surface area (Å²) in [6.45, 7) is 9.02. The quantitative estimate of drug-likeness (QED) is 0.554. The van der Waals surface area contributed by atoms with Crippen LogP contribution in [-0.2, 0) is 4.74 Å². The first kappa shape index (κ1) is 23.3. The maximum absolute atomic E-state index is 15.4. The van der Waals surface area contributed by atoms with E-state index in [4.69, 9.17) is 21.3 Å². The zero-order chi connectivity index (χ0) is 24.0. The minimum absolute atomic E-state index is 0.0960. The number of aliphatic hydroxyl groups is 1. The third-order valence-electron chi connectivity index (χ3n) is 6.61. The molecule has 0 radical (unpaired) electrons. The molecular weight excluding hydrogens is 459 g/mol. The van der Waals surface area contributed by atoms with Crippen molar-refractivity contribution in [2.24, 2.45) is 5.92 Å². The molecule has 2 aromatic heterocycles. The Balaban J connectivity index is 1.56. The van der Waals surface area contributed by atoms with Crippen molar-refractivity contribution < 1.29 is 14.2 Å². The predicted octanol–water partition coefficient (Wildman–Crippen LogP) is 4.27. The lowest BCUT2D eigenvalue weighted by Gasteiger charge is -2.28. The van der Waals surface area contributed by atoms with Gasteiger partial charge in [0.1, 0.15) is 5.52 Å². The van der Waals surface area contributed by atoms with Crippen LogP contribution in [0.25, 0.3) is 22.3 Å². The Kier molecular flexibility index (Phi) is 6.35. The molecule has 0 bridgehead atoms. The van der Waals surface area contributed by atoms with E-state index in [2.05, 4.69) is 45.5 Å². The van der Waals surface area contributed by atoms with Gasteiger partial charge < -0.3 is 24.6 Å². The van der Waals surface area contributed by atoms with Gasteiger partial charge in [-0.15, -0.1) is 0 Å². The van der Waals surface area contributed by atoms with Gasteiger partial charge in [0.2, 0.25) is 11.9 Å². The number of fused-ring (bicyclic) bond motifs is 1. The smallest absolute Gasteiger partial charge is 0.223 e. The van der Waals surface area contributed by atoms with Crippen molar-refractivity contribution in [2.75, 3.05) is 36.5 Å². The fourth-order valence-corrected chi connectivity index (χ4v) is 5.02. The maximum atomic E-state index is 15.4. The summed E-state index contributed by atoms with van der Waals surface area (Å²) in [7, 11) is 0. The minimum Gasteiger partial charge on any atom is -0.389 e. The summed E-state index contributed by atoms with van der Waals surface area (Å²) >= 11 is 6.46. The largest absolute Gasteiger partial charge is 0.389 e. The molecule has 34 heavy (non-hydrogen) atoms. The highest BCUT2D eigenvalue weighted by molar-refractivity contribution is 6.33. The Hall–Kier alpha value is -2.49. The Labute approximate surface area is 203 Å². The van der Waals surface area contributed by atoms with Gasteiger partial charge in [0.25, 0.3) is 0 Å². The zero-order valence-corrected chi connectivity index (χ0v) is 20.4. The number of nitrogens with zero attached hydrogens (tertiary/aromatic N) is 5. The molecule has 3 atom stereocenters. The summed E-state index contributed by atoms with van der Waals surface area (Å²) in [6.07, 6.45) is 2.58. The molecule has 0 unspecified atom stereocenters. The second-order valence-corrected chi connectivity index (χ2v) is 10.0. The maximum Gasteiger partial charge on any atom is 0.223 e. The van der Waals surface area contributed by atoms with Crippen LogP contribution in [-0.4, -0.2) is 63.1 Å². The SMILES string of the molecule is CC(C)n1c(N2CC[C@@H](C)C2)nc2c(F)cc(-c3nc(N[C@@H]4CCOC[C@H]4O)ncc3Cl)cc21. The number of anilines is 2. The molecular formula is C24H30ClFN6O2. The van der Waals surface area contributed by atoms with E-state index in [1.54, 1.807) is 0 Å². The van der Waals surface area contributed by atoms with Gasteiger partial charge in [-0.2, -0.15) is 0 Å². The fraction of sp³-hybridized carbons (Fsp3) is 0.542. The summed E-state index contributed by atoms with van der Waals surface area (Å²) < 4.78 is 22.7. The van der Waals surface area contributed by atoms with Crippen LogP contribution in [0.5, 0.6) is 0 Å². The van der Waals surface area contributed by atoms with E-state index < -0.39 is 11.9 Å². The normalized spacial score (nSPS) is 23.3. The molecule has 10 heteroatoms. The molecule has 1 aromatic carbocycles. The molecule has 0 amide bonds. The van der Waals surface area contributed by atoms with E-state index >= 15 is 4.39 Å². The number of benzene rings is 1. The average molecular weight is 489 g/mol. The lowest BCUT2D eigenvalue weighted by Crippen LogP contribution is -2.42. The summed E-state index contributed by atoms with van der Waals surface area (Å²) in [5.41, 5.74) is 2.04. The topological polar surface area (TPSA) is 88.3 Å². The van der Waals surface area contributed by atoms with Crippen LogP contribution < -0.4 is 10.2 Å². The van der Waals surface area contributed by atoms with Gasteiger partial charge in [0, 0.05) is 31.3 Å². The van der Waals surface area contributed by atoms with Crippen LogP contribution in [0.3, 0.4) is 0 Å². The second-order valence-electron chi connectivity index (χ2n) is 9.61. The van der Waals surface area contributed by atoms with E-state index in [0.717, 1.165) is 25.5 Å².